The van der Waals surface area contributed by atoms with Crippen molar-refractivity contribution in [3.05, 3.63) is 22.8 Å². The Morgan fingerprint density at radius 1 is 1.17 bits per heavy atom. The summed E-state index contributed by atoms with van der Waals surface area (Å²) in [7, 11) is 2.19. The molecule has 0 N–H and O–H groups in total. The molecule has 3 heteroatoms. The average Bonchev–Trinajstić information content (AvgIpc) is 2.28. The largest absolute Gasteiger partial charge is 0.301 e. The highest BCUT2D eigenvalue weighted by molar-refractivity contribution is 5.31. The summed E-state index contributed by atoms with van der Waals surface area (Å²) in [5.74, 6) is 2.57. The van der Waals surface area contributed by atoms with Crippen LogP contribution in [-0.4, -0.2) is 28.5 Å². The highest BCUT2D eigenvalue weighted by Gasteiger charge is 2.29. The van der Waals surface area contributed by atoms with Crippen molar-refractivity contribution >= 4 is 0 Å². The molecule has 0 bridgehead atoms. The lowest BCUT2D eigenvalue weighted by molar-refractivity contribution is 0.246. The Bertz CT molecular complexity index is 438. The summed E-state index contributed by atoms with van der Waals surface area (Å²) in [5.41, 5.74) is 3.83. The van der Waals surface area contributed by atoms with Crippen molar-refractivity contribution in [1.82, 2.24) is 14.9 Å². The van der Waals surface area contributed by atoms with Crippen LogP contribution in [0.25, 0.3) is 0 Å². The Hall–Kier alpha value is -0.960. The van der Waals surface area contributed by atoms with Gasteiger partial charge in [-0.2, -0.15) is 0 Å². The standard InChI is InChI=1S/C15H25N3/c1-9(2)12-7-18(6)8-13-11(5)16-15(10(3)4)17-14(12)13/h9-10,12H,7-8H2,1-6H3. The summed E-state index contributed by atoms with van der Waals surface area (Å²) in [6, 6.07) is 0. The number of aryl methyl sites for hydroxylation is 1. The molecule has 1 atom stereocenters. The first kappa shape index (κ1) is 13.5. The van der Waals surface area contributed by atoms with Gasteiger partial charge in [-0.25, -0.2) is 9.97 Å². The van der Waals surface area contributed by atoms with Gasteiger partial charge < -0.3 is 4.90 Å². The summed E-state index contributed by atoms with van der Waals surface area (Å²) in [5, 5.41) is 0. The van der Waals surface area contributed by atoms with E-state index in [9.17, 15) is 0 Å². The summed E-state index contributed by atoms with van der Waals surface area (Å²) in [6.45, 7) is 13.1. The van der Waals surface area contributed by atoms with Crippen LogP contribution in [-0.2, 0) is 6.54 Å². The minimum absolute atomic E-state index is 0.404. The van der Waals surface area contributed by atoms with E-state index in [0.29, 0.717) is 17.8 Å². The molecular formula is C15H25N3. The van der Waals surface area contributed by atoms with Crippen LogP contribution in [0.5, 0.6) is 0 Å². The van der Waals surface area contributed by atoms with Crippen LogP contribution in [0, 0.1) is 12.8 Å². The number of hydrogen-bond acceptors (Lipinski definition) is 3. The molecule has 0 aliphatic carbocycles. The third-order valence-electron chi connectivity index (χ3n) is 3.87. The van der Waals surface area contributed by atoms with E-state index in [1.807, 2.05) is 0 Å². The van der Waals surface area contributed by atoms with Gasteiger partial charge in [-0.05, 0) is 19.9 Å². The first-order valence-electron chi connectivity index (χ1n) is 6.96. The normalized spacial score (nSPS) is 20.6. The van der Waals surface area contributed by atoms with Gasteiger partial charge in [-0.1, -0.05) is 27.7 Å². The van der Waals surface area contributed by atoms with Gasteiger partial charge in [0, 0.05) is 36.2 Å². The summed E-state index contributed by atoms with van der Waals surface area (Å²) < 4.78 is 0. The molecule has 0 spiro atoms. The predicted octanol–water partition coefficient (Wildman–Crippen LogP) is 3.09. The van der Waals surface area contributed by atoms with Gasteiger partial charge in [-0.15, -0.1) is 0 Å². The van der Waals surface area contributed by atoms with Gasteiger partial charge in [0.1, 0.15) is 5.82 Å². The van der Waals surface area contributed by atoms with Crippen molar-refractivity contribution < 1.29 is 0 Å². The maximum Gasteiger partial charge on any atom is 0.131 e. The van der Waals surface area contributed by atoms with Crippen LogP contribution < -0.4 is 0 Å². The SMILES string of the molecule is Cc1nc(C(C)C)nc2c1CN(C)CC2C(C)C. The van der Waals surface area contributed by atoms with Crippen molar-refractivity contribution in [2.75, 3.05) is 13.6 Å². The molecule has 100 valence electrons. The molecule has 1 aliphatic rings. The Balaban J connectivity index is 2.53. The lowest BCUT2D eigenvalue weighted by Crippen LogP contribution is -2.34. The molecule has 2 rings (SSSR count). The van der Waals surface area contributed by atoms with Crippen molar-refractivity contribution in [2.45, 2.75) is 53.0 Å². The minimum Gasteiger partial charge on any atom is -0.301 e. The summed E-state index contributed by atoms with van der Waals surface area (Å²) in [6.07, 6.45) is 0. The van der Waals surface area contributed by atoms with Crippen molar-refractivity contribution in [2.24, 2.45) is 5.92 Å². The van der Waals surface area contributed by atoms with Crippen LogP contribution in [0.4, 0.5) is 0 Å². The zero-order valence-corrected chi connectivity index (χ0v) is 12.5. The van der Waals surface area contributed by atoms with Crippen molar-refractivity contribution in [3.8, 4) is 0 Å². The zero-order chi connectivity index (χ0) is 13.4. The minimum atomic E-state index is 0.404. The molecule has 18 heavy (non-hydrogen) atoms. The topological polar surface area (TPSA) is 29.0 Å². The van der Waals surface area contributed by atoms with Gasteiger partial charge in [-0.3, -0.25) is 0 Å². The molecule has 2 heterocycles. The monoisotopic (exact) mass is 247 g/mol. The average molecular weight is 247 g/mol. The van der Waals surface area contributed by atoms with Crippen LogP contribution in [0.2, 0.25) is 0 Å². The van der Waals surface area contributed by atoms with Crippen LogP contribution >= 0.6 is 0 Å². The Kier molecular flexibility index (Phi) is 3.71. The smallest absolute Gasteiger partial charge is 0.131 e. The molecule has 0 radical (unpaired) electrons. The Morgan fingerprint density at radius 3 is 2.39 bits per heavy atom. The third kappa shape index (κ3) is 2.41. The molecule has 0 saturated heterocycles. The second-order valence-corrected chi connectivity index (χ2v) is 6.23. The fraction of sp³-hybridized carbons (Fsp3) is 0.733. The maximum absolute atomic E-state index is 4.87. The van der Waals surface area contributed by atoms with Gasteiger partial charge in [0.15, 0.2) is 0 Å². The lowest BCUT2D eigenvalue weighted by Gasteiger charge is -2.34. The number of nitrogens with zero attached hydrogens (tertiary/aromatic N) is 3. The fourth-order valence-corrected chi connectivity index (χ4v) is 2.68. The number of fused-ring (bicyclic) bond motifs is 1. The van der Waals surface area contributed by atoms with E-state index in [2.05, 4.69) is 51.6 Å². The lowest BCUT2D eigenvalue weighted by atomic mass is 9.85. The summed E-state index contributed by atoms with van der Waals surface area (Å²) in [4.78, 5) is 11.9. The van der Waals surface area contributed by atoms with E-state index in [4.69, 9.17) is 4.98 Å². The van der Waals surface area contributed by atoms with E-state index in [-0.39, 0.29) is 0 Å². The molecular weight excluding hydrogens is 222 g/mol. The fourth-order valence-electron chi connectivity index (χ4n) is 2.68. The highest BCUT2D eigenvalue weighted by atomic mass is 15.1. The molecule has 1 aromatic heterocycles. The maximum atomic E-state index is 4.87. The number of aromatic nitrogens is 2. The second-order valence-electron chi connectivity index (χ2n) is 6.23. The van der Waals surface area contributed by atoms with E-state index < -0.39 is 0 Å². The van der Waals surface area contributed by atoms with E-state index in [1.165, 1.54) is 17.0 Å². The van der Waals surface area contributed by atoms with E-state index in [1.54, 1.807) is 0 Å². The number of rotatable bonds is 2. The first-order chi connectivity index (χ1) is 8.40. The molecule has 0 amide bonds. The molecule has 0 aromatic carbocycles. The van der Waals surface area contributed by atoms with Gasteiger partial charge in [0.25, 0.3) is 0 Å². The molecule has 0 saturated carbocycles. The third-order valence-corrected chi connectivity index (χ3v) is 3.87. The number of hydrogen-bond donors (Lipinski definition) is 0. The molecule has 1 aliphatic heterocycles. The molecule has 1 aromatic rings. The van der Waals surface area contributed by atoms with Gasteiger partial charge in [0.05, 0.1) is 5.69 Å². The number of likely N-dealkylation sites (N-methyl/N-ethyl adjacent to an activating group) is 1. The molecule has 0 fully saturated rings. The predicted molar refractivity (Wildman–Crippen MR) is 74.8 cm³/mol. The second kappa shape index (κ2) is 4.96. The zero-order valence-electron chi connectivity index (χ0n) is 12.5. The highest BCUT2D eigenvalue weighted by Crippen LogP contribution is 2.33. The summed E-state index contributed by atoms with van der Waals surface area (Å²) >= 11 is 0. The first-order valence-corrected chi connectivity index (χ1v) is 6.96. The van der Waals surface area contributed by atoms with E-state index in [0.717, 1.165) is 18.9 Å². The van der Waals surface area contributed by atoms with Crippen LogP contribution in [0.3, 0.4) is 0 Å². The quantitative estimate of drug-likeness (QED) is 0.804. The Labute approximate surface area is 111 Å². The van der Waals surface area contributed by atoms with Crippen molar-refractivity contribution in [1.29, 1.82) is 0 Å². The Morgan fingerprint density at radius 2 is 1.83 bits per heavy atom. The van der Waals surface area contributed by atoms with Gasteiger partial charge in [0.2, 0.25) is 0 Å². The molecule has 1 unspecified atom stereocenters. The van der Waals surface area contributed by atoms with Crippen LogP contribution in [0.15, 0.2) is 0 Å². The van der Waals surface area contributed by atoms with Crippen molar-refractivity contribution in [3.63, 3.8) is 0 Å². The van der Waals surface area contributed by atoms with Crippen LogP contribution in [0.1, 0.15) is 62.3 Å². The van der Waals surface area contributed by atoms with Gasteiger partial charge >= 0.3 is 0 Å². The molecule has 3 nitrogen and oxygen atoms in total. The van der Waals surface area contributed by atoms with E-state index >= 15 is 0 Å².